The summed E-state index contributed by atoms with van der Waals surface area (Å²) in [5.41, 5.74) is -0.557. The average Bonchev–Trinajstić information content (AvgIpc) is 2.95. The number of nitrogens with two attached hydrogens (primary N) is 1. The molecule has 13 heteroatoms. The van der Waals surface area contributed by atoms with Crippen LogP contribution in [-0.2, 0) is 9.59 Å². The van der Waals surface area contributed by atoms with E-state index in [1.54, 1.807) is 52.0 Å². The number of fused-ring (bicyclic) bond motifs is 3. The molecule has 10 atom stereocenters. The van der Waals surface area contributed by atoms with Crippen LogP contribution in [-0.4, -0.2) is 73.0 Å². The number of nitrogens with one attached hydrogen (secondary N) is 2. The van der Waals surface area contributed by atoms with Crippen molar-refractivity contribution in [2.24, 2.45) is 40.2 Å². The zero-order valence-electron chi connectivity index (χ0n) is 25.4. The van der Waals surface area contributed by atoms with Gasteiger partial charge in [-0.3, -0.25) is 14.4 Å². The summed E-state index contributed by atoms with van der Waals surface area (Å²) >= 11 is 5.89. The van der Waals surface area contributed by atoms with Gasteiger partial charge in [-0.1, -0.05) is 52.3 Å². The van der Waals surface area contributed by atoms with Gasteiger partial charge in [-0.25, -0.2) is 4.79 Å². The molecule has 3 amide bonds. The van der Waals surface area contributed by atoms with Gasteiger partial charge in [-0.2, -0.15) is 0 Å². The number of rotatable bonds is 4. The first-order valence-electron chi connectivity index (χ1n) is 14.7. The summed E-state index contributed by atoms with van der Waals surface area (Å²) in [4.78, 5) is 53.4. The van der Waals surface area contributed by atoms with Crippen molar-refractivity contribution in [2.45, 2.75) is 64.4 Å². The van der Waals surface area contributed by atoms with Crippen molar-refractivity contribution in [1.82, 2.24) is 0 Å². The van der Waals surface area contributed by atoms with Crippen LogP contribution >= 0.6 is 11.6 Å². The maximum atomic E-state index is 14.3. The van der Waals surface area contributed by atoms with Crippen LogP contribution in [0.1, 0.15) is 56.5 Å². The number of aliphatic hydroxyl groups excluding tert-OH is 3. The Labute approximate surface area is 264 Å². The number of urea groups is 1. The van der Waals surface area contributed by atoms with E-state index in [1.807, 2.05) is 0 Å². The summed E-state index contributed by atoms with van der Waals surface area (Å²) < 4.78 is 0. The fraction of sp³-hybridized carbons (Fsp3) is 0.500. The van der Waals surface area contributed by atoms with Crippen molar-refractivity contribution in [2.75, 3.05) is 10.6 Å². The van der Waals surface area contributed by atoms with Crippen molar-refractivity contribution in [3.8, 4) is 5.75 Å². The van der Waals surface area contributed by atoms with Crippen molar-refractivity contribution in [3.63, 3.8) is 0 Å². The lowest BCUT2D eigenvalue weighted by Gasteiger charge is -2.69. The number of halogens is 1. The average molecular weight is 644 g/mol. The molecule has 0 heterocycles. The summed E-state index contributed by atoms with van der Waals surface area (Å²) in [5, 5.41) is 64.6. The van der Waals surface area contributed by atoms with Crippen molar-refractivity contribution < 1.29 is 44.7 Å². The fourth-order valence-electron chi connectivity index (χ4n) is 8.68. The monoisotopic (exact) mass is 643 g/mol. The third-order valence-electron chi connectivity index (χ3n) is 11.0. The van der Waals surface area contributed by atoms with E-state index in [0.717, 1.165) is 0 Å². The number of carbonyl (C=O) groups is 4. The number of aliphatic hydroxyl groups is 4. The molecular formula is C32H38ClN3O9. The number of Topliss-reactive ketones (excluding diaryl/α,β-unsaturated/α-hetero) is 2. The van der Waals surface area contributed by atoms with E-state index >= 15 is 0 Å². The molecule has 0 aliphatic heterocycles. The van der Waals surface area contributed by atoms with Crippen LogP contribution < -0.4 is 16.4 Å². The van der Waals surface area contributed by atoms with Gasteiger partial charge in [0.05, 0.1) is 29.4 Å². The Morgan fingerprint density at radius 1 is 1.00 bits per heavy atom. The molecule has 0 spiro atoms. The Bertz CT molecular complexity index is 1600. The SMILES string of the molecule is CC(C)[C@H]1C(O)[C@@H](C(N)=O)C(=O)[C@]2(O)C(O)[C@H]3C(=O)c4c(ccc(NC(=O)Nc5ccc(Cl)cc5)c4O)[C@@H](C)[C@]3(C)[C@@H](O)[C@]12C. The van der Waals surface area contributed by atoms with Gasteiger partial charge in [0.1, 0.15) is 17.8 Å². The molecule has 12 nitrogen and oxygen atoms in total. The lowest BCUT2D eigenvalue weighted by Crippen LogP contribution is -2.83. The first-order valence-corrected chi connectivity index (χ1v) is 15.1. The van der Waals surface area contributed by atoms with E-state index in [1.165, 1.54) is 19.1 Å². The van der Waals surface area contributed by atoms with Gasteiger partial charge in [0.25, 0.3) is 0 Å². The highest BCUT2D eigenvalue weighted by Crippen LogP contribution is 2.68. The van der Waals surface area contributed by atoms with Crippen LogP contribution in [0.3, 0.4) is 0 Å². The number of hydrogen-bond acceptors (Lipinski definition) is 9. The Morgan fingerprint density at radius 3 is 2.16 bits per heavy atom. The summed E-state index contributed by atoms with van der Waals surface area (Å²) in [6, 6.07) is 8.44. The minimum atomic E-state index is -2.89. The summed E-state index contributed by atoms with van der Waals surface area (Å²) in [6.45, 7) is 7.98. The zero-order chi connectivity index (χ0) is 33.5. The number of phenols is 1. The van der Waals surface area contributed by atoms with E-state index in [2.05, 4.69) is 10.6 Å². The third kappa shape index (κ3) is 4.26. The highest BCUT2D eigenvalue weighted by Gasteiger charge is 2.80. The lowest BCUT2D eigenvalue weighted by atomic mass is 9.36. The summed E-state index contributed by atoms with van der Waals surface area (Å²) in [5.74, 6) is -9.97. The Hall–Kier alpha value is -3.55. The number of ketones is 2. The van der Waals surface area contributed by atoms with Gasteiger partial charge in [0.2, 0.25) is 5.91 Å². The summed E-state index contributed by atoms with van der Waals surface area (Å²) in [6.07, 6.45) is -5.53. The number of carbonyl (C=O) groups excluding carboxylic acids is 4. The Balaban J connectivity index is 1.62. The van der Waals surface area contributed by atoms with Crippen LogP contribution in [0.2, 0.25) is 5.02 Å². The minimum absolute atomic E-state index is 0.135. The molecule has 2 fully saturated rings. The largest absolute Gasteiger partial charge is 0.505 e. The van der Waals surface area contributed by atoms with E-state index in [9.17, 15) is 44.7 Å². The van der Waals surface area contributed by atoms with Crippen molar-refractivity contribution in [1.29, 1.82) is 0 Å². The summed E-state index contributed by atoms with van der Waals surface area (Å²) in [7, 11) is 0. The second kappa shape index (κ2) is 10.8. The molecule has 0 radical (unpaired) electrons. The molecule has 9 N–H and O–H groups in total. The van der Waals surface area contributed by atoms with Gasteiger partial charge in [-0.05, 0) is 53.6 Å². The van der Waals surface area contributed by atoms with Gasteiger partial charge in [0.15, 0.2) is 17.2 Å². The Kier molecular flexibility index (Phi) is 7.86. The number of primary amides is 1. The normalized spacial score (nSPS) is 37.4. The first kappa shape index (κ1) is 32.8. The van der Waals surface area contributed by atoms with Crippen LogP contribution in [0, 0.1) is 34.5 Å². The predicted molar refractivity (Wildman–Crippen MR) is 164 cm³/mol. The molecule has 2 aromatic carbocycles. The van der Waals surface area contributed by atoms with E-state index in [4.69, 9.17) is 17.3 Å². The molecule has 3 aliphatic carbocycles. The first-order chi connectivity index (χ1) is 20.9. The molecule has 3 aliphatic rings. The van der Waals surface area contributed by atoms with Gasteiger partial charge in [0, 0.05) is 21.5 Å². The van der Waals surface area contributed by atoms with E-state index in [-0.39, 0.29) is 11.3 Å². The van der Waals surface area contributed by atoms with E-state index in [0.29, 0.717) is 16.3 Å². The molecule has 45 heavy (non-hydrogen) atoms. The van der Waals surface area contributed by atoms with Crippen LogP contribution in [0.5, 0.6) is 5.75 Å². The lowest BCUT2D eigenvalue weighted by molar-refractivity contribution is -0.306. The number of hydrogen-bond donors (Lipinski definition) is 8. The maximum absolute atomic E-state index is 14.3. The molecule has 0 saturated heterocycles. The third-order valence-corrected chi connectivity index (χ3v) is 11.2. The molecular weight excluding hydrogens is 606 g/mol. The number of phenolic OH excluding ortho intramolecular Hbond substituents is 1. The highest BCUT2D eigenvalue weighted by atomic mass is 35.5. The van der Waals surface area contributed by atoms with Crippen LogP contribution in [0.25, 0.3) is 0 Å². The molecule has 0 aromatic heterocycles. The standard InChI is InChI=1S/C32H38ClN3O9/c1-12(2)20-24(39)19(27(34)42)25(40)32(45)26(41)21-23(38)18-16(13(3)30(21,4)28(43)31(20,32)5)10-11-17(22(18)37)36-29(44)35-15-8-6-14(33)7-9-15/h6-13,19-21,24,26,28,37,39,41,43,45H,1-5H3,(H2,34,42)(H2,35,36,44)/t13-,19-,20+,21-,24?,26?,28-,30+,31+,32+/m1/s1. The maximum Gasteiger partial charge on any atom is 0.323 e. The van der Waals surface area contributed by atoms with Crippen molar-refractivity contribution in [3.05, 3.63) is 52.5 Å². The number of benzene rings is 2. The second-order valence-corrected chi connectivity index (χ2v) is 13.8. The number of anilines is 2. The molecule has 2 aromatic rings. The Morgan fingerprint density at radius 2 is 1.60 bits per heavy atom. The number of aromatic hydroxyl groups is 1. The smallest absolute Gasteiger partial charge is 0.323 e. The topological polar surface area (TPSA) is 220 Å². The van der Waals surface area contributed by atoms with Gasteiger partial charge in [-0.15, -0.1) is 0 Å². The van der Waals surface area contributed by atoms with Crippen LogP contribution in [0.4, 0.5) is 16.2 Å². The molecule has 242 valence electrons. The van der Waals surface area contributed by atoms with Gasteiger partial charge >= 0.3 is 6.03 Å². The molecule has 5 rings (SSSR count). The minimum Gasteiger partial charge on any atom is -0.505 e. The van der Waals surface area contributed by atoms with Crippen molar-refractivity contribution >= 4 is 46.5 Å². The molecule has 0 bridgehead atoms. The highest BCUT2D eigenvalue weighted by molar-refractivity contribution is 6.30. The second-order valence-electron chi connectivity index (χ2n) is 13.3. The number of amides is 3. The fourth-order valence-corrected chi connectivity index (χ4v) is 8.80. The van der Waals surface area contributed by atoms with Crippen LogP contribution in [0.15, 0.2) is 36.4 Å². The van der Waals surface area contributed by atoms with E-state index < -0.39 is 93.6 Å². The molecule has 2 unspecified atom stereocenters. The van der Waals surface area contributed by atoms with Gasteiger partial charge < -0.3 is 41.9 Å². The zero-order valence-corrected chi connectivity index (χ0v) is 26.2. The predicted octanol–water partition coefficient (Wildman–Crippen LogP) is 2.40. The quantitative estimate of drug-likeness (QED) is 0.181. The molecule has 2 saturated carbocycles.